The molecule has 8 nitrogen and oxygen atoms in total. The van der Waals surface area contributed by atoms with Gasteiger partial charge in [0.15, 0.2) is 17.4 Å². The van der Waals surface area contributed by atoms with E-state index in [-0.39, 0.29) is 18.1 Å². The number of carbonyl (C=O) groups excluding carboxylic acids is 2. The molecule has 32 heavy (non-hydrogen) atoms. The lowest BCUT2D eigenvalue weighted by Gasteiger charge is -2.32. The van der Waals surface area contributed by atoms with Crippen LogP contribution in [0, 0.1) is 11.6 Å². The normalized spacial score (nSPS) is 11.6. The molecule has 2 aromatic carbocycles. The highest BCUT2D eigenvalue weighted by Crippen LogP contribution is 2.35. The van der Waals surface area contributed by atoms with Crippen LogP contribution < -0.4 is 26.8 Å². The number of aromatic nitrogens is 1. The van der Waals surface area contributed by atoms with Crippen LogP contribution in [-0.2, 0) is 9.59 Å². The van der Waals surface area contributed by atoms with Crippen molar-refractivity contribution in [2.24, 2.45) is 11.5 Å². The predicted octanol–water partition coefficient (Wildman–Crippen LogP) is 2.64. The summed E-state index contributed by atoms with van der Waals surface area (Å²) in [5, 5.41) is 0. The summed E-state index contributed by atoms with van der Waals surface area (Å²) in [5.74, 6) is -3.80. The molecule has 1 aromatic heterocycles. The van der Waals surface area contributed by atoms with E-state index in [1.807, 2.05) is 0 Å². The molecule has 2 amide bonds. The third-order valence-corrected chi connectivity index (χ3v) is 4.55. The maximum atomic E-state index is 15.1. The van der Waals surface area contributed by atoms with E-state index in [1.165, 1.54) is 18.3 Å². The number of amides is 2. The number of anilines is 2. The Hall–Kier alpha value is -4.05. The van der Waals surface area contributed by atoms with Crippen LogP contribution in [0.25, 0.3) is 0 Å². The highest BCUT2D eigenvalue weighted by Gasteiger charge is 2.30. The maximum Gasteiger partial charge on any atom is 0.237 e. The standard InChI is InChI=1S/C22H21F2N5O3/c23-15-10-19(32-14-6-7-28-20(26)8-14)16(24)9-17(15)29(22(31)11-21(27)30)18(12-25)13-4-2-1-3-5-13/h1-10,18H,11-12,25H2,(H2,26,28)(H2,27,30). The molecular weight excluding hydrogens is 420 g/mol. The minimum absolute atomic E-state index is 0.121. The van der Waals surface area contributed by atoms with Crippen LogP contribution >= 0.6 is 0 Å². The summed E-state index contributed by atoms with van der Waals surface area (Å²) in [6.07, 6.45) is 0.641. The minimum atomic E-state index is -0.962. The Morgan fingerprint density at radius 1 is 1.06 bits per heavy atom. The molecule has 10 heteroatoms. The van der Waals surface area contributed by atoms with Crippen LogP contribution in [0.5, 0.6) is 11.5 Å². The second kappa shape index (κ2) is 9.84. The molecule has 0 radical (unpaired) electrons. The number of pyridine rings is 1. The second-order valence-electron chi connectivity index (χ2n) is 6.82. The number of hydrogen-bond donors (Lipinski definition) is 3. The molecule has 0 saturated carbocycles. The number of carbonyl (C=O) groups is 2. The van der Waals surface area contributed by atoms with E-state index in [0.29, 0.717) is 5.56 Å². The molecule has 0 bridgehead atoms. The van der Waals surface area contributed by atoms with Crippen molar-refractivity contribution in [1.29, 1.82) is 0 Å². The quantitative estimate of drug-likeness (QED) is 0.460. The Bertz CT molecular complexity index is 1130. The van der Waals surface area contributed by atoms with E-state index >= 15 is 4.39 Å². The van der Waals surface area contributed by atoms with E-state index in [9.17, 15) is 14.0 Å². The van der Waals surface area contributed by atoms with Gasteiger partial charge in [-0.2, -0.15) is 0 Å². The van der Waals surface area contributed by atoms with Gasteiger partial charge in [-0.05, 0) is 11.6 Å². The fraction of sp³-hybridized carbons (Fsp3) is 0.136. The first kappa shape index (κ1) is 22.6. The van der Waals surface area contributed by atoms with E-state index in [4.69, 9.17) is 21.9 Å². The minimum Gasteiger partial charge on any atom is -0.454 e. The van der Waals surface area contributed by atoms with Crippen LogP contribution in [0.1, 0.15) is 18.0 Å². The Balaban J connectivity index is 2.04. The largest absolute Gasteiger partial charge is 0.454 e. The van der Waals surface area contributed by atoms with Crippen molar-refractivity contribution in [3.63, 3.8) is 0 Å². The van der Waals surface area contributed by atoms with Crippen LogP contribution in [0.3, 0.4) is 0 Å². The van der Waals surface area contributed by atoms with Crippen LogP contribution in [0.4, 0.5) is 20.3 Å². The summed E-state index contributed by atoms with van der Waals surface area (Å²) < 4.78 is 35.4. The topological polar surface area (TPSA) is 138 Å². The molecular formula is C22H21F2N5O3. The Morgan fingerprint density at radius 2 is 1.78 bits per heavy atom. The number of primary amides is 1. The molecule has 3 aromatic rings. The van der Waals surface area contributed by atoms with Gasteiger partial charge < -0.3 is 26.8 Å². The molecule has 0 aliphatic carbocycles. The first-order chi connectivity index (χ1) is 15.3. The highest BCUT2D eigenvalue weighted by atomic mass is 19.1. The van der Waals surface area contributed by atoms with Gasteiger partial charge in [0.1, 0.15) is 18.0 Å². The zero-order valence-electron chi connectivity index (χ0n) is 16.9. The molecule has 0 aliphatic heterocycles. The molecule has 1 atom stereocenters. The molecule has 166 valence electrons. The maximum absolute atomic E-state index is 15.1. The summed E-state index contributed by atoms with van der Waals surface area (Å²) >= 11 is 0. The van der Waals surface area contributed by atoms with E-state index < -0.39 is 47.3 Å². The van der Waals surface area contributed by atoms with Gasteiger partial charge in [0.05, 0.1) is 11.7 Å². The summed E-state index contributed by atoms with van der Waals surface area (Å²) in [4.78, 5) is 28.9. The number of nitrogens with zero attached hydrogens (tertiary/aromatic N) is 2. The first-order valence-corrected chi connectivity index (χ1v) is 9.54. The summed E-state index contributed by atoms with van der Waals surface area (Å²) in [7, 11) is 0. The van der Waals surface area contributed by atoms with Crippen molar-refractivity contribution in [3.8, 4) is 11.5 Å². The van der Waals surface area contributed by atoms with Gasteiger partial charge >= 0.3 is 0 Å². The molecule has 0 spiro atoms. The number of halogens is 2. The summed E-state index contributed by atoms with van der Waals surface area (Å²) in [6, 6.07) is 12.0. The summed E-state index contributed by atoms with van der Waals surface area (Å²) in [5.41, 5.74) is 16.8. The zero-order valence-corrected chi connectivity index (χ0v) is 16.9. The van der Waals surface area contributed by atoms with Gasteiger partial charge in [-0.25, -0.2) is 13.8 Å². The lowest BCUT2D eigenvalue weighted by molar-refractivity contribution is -0.126. The number of benzene rings is 2. The van der Waals surface area contributed by atoms with Crippen molar-refractivity contribution in [1.82, 2.24) is 4.98 Å². The van der Waals surface area contributed by atoms with Gasteiger partial charge in [-0.15, -0.1) is 0 Å². The number of nitrogens with two attached hydrogens (primary N) is 3. The molecule has 0 fully saturated rings. The number of rotatable bonds is 8. The lowest BCUT2D eigenvalue weighted by atomic mass is 10.0. The molecule has 0 aliphatic rings. The SMILES string of the molecule is NCC(c1ccccc1)N(C(=O)CC(N)=O)c1cc(F)c(Oc2ccnc(N)c2)cc1F. The summed E-state index contributed by atoms with van der Waals surface area (Å²) in [6.45, 7) is -0.121. The highest BCUT2D eigenvalue weighted by molar-refractivity contribution is 6.05. The van der Waals surface area contributed by atoms with E-state index in [0.717, 1.165) is 17.0 Å². The smallest absolute Gasteiger partial charge is 0.237 e. The van der Waals surface area contributed by atoms with Crippen molar-refractivity contribution < 1.29 is 23.1 Å². The van der Waals surface area contributed by atoms with Gasteiger partial charge in [-0.1, -0.05) is 30.3 Å². The second-order valence-corrected chi connectivity index (χ2v) is 6.82. The van der Waals surface area contributed by atoms with Crippen LogP contribution in [0.2, 0.25) is 0 Å². The van der Waals surface area contributed by atoms with Gasteiger partial charge in [0, 0.05) is 30.9 Å². The Morgan fingerprint density at radius 3 is 2.41 bits per heavy atom. The lowest BCUT2D eigenvalue weighted by Crippen LogP contribution is -2.41. The third-order valence-electron chi connectivity index (χ3n) is 4.55. The van der Waals surface area contributed by atoms with Crippen LogP contribution in [-0.4, -0.2) is 23.3 Å². The van der Waals surface area contributed by atoms with Crippen molar-refractivity contribution in [3.05, 3.63) is 78.0 Å². The van der Waals surface area contributed by atoms with Crippen molar-refractivity contribution in [2.75, 3.05) is 17.2 Å². The average Bonchev–Trinajstić information content (AvgIpc) is 2.74. The van der Waals surface area contributed by atoms with Crippen molar-refractivity contribution >= 4 is 23.3 Å². The molecule has 1 heterocycles. The van der Waals surface area contributed by atoms with Crippen LogP contribution in [0.15, 0.2) is 60.8 Å². The van der Waals surface area contributed by atoms with Crippen molar-refractivity contribution in [2.45, 2.75) is 12.5 Å². The molecule has 3 rings (SSSR count). The number of nitrogen functional groups attached to an aromatic ring is 1. The van der Waals surface area contributed by atoms with Gasteiger partial charge in [-0.3, -0.25) is 9.59 Å². The zero-order chi connectivity index (χ0) is 23.3. The fourth-order valence-corrected chi connectivity index (χ4v) is 3.18. The third kappa shape index (κ3) is 5.16. The first-order valence-electron chi connectivity index (χ1n) is 9.54. The Labute approximate surface area is 182 Å². The predicted molar refractivity (Wildman–Crippen MR) is 115 cm³/mol. The number of hydrogen-bond acceptors (Lipinski definition) is 6. The molecule has 0 saturated heterocycles. The molecule has 1 unspecified atom stereocenters. The molecule has 6 N–H and O–H groups in total. The number of ether oxygens (including phenoxy) is 1. The Kier molecular flexibility index (Phi) is 6.96. The van der Waals surface area contributed by atoms with Gasteiger partial charge in [0.25, 0.3) is 0 Å². The van der Waals surface area contributed by atoms with E-state index in [1.54, 1.807) is 30.3 Å². The van der Waals surface area contributed by atoms with E-state index in [2.05, 4.69) is 4.98 Å². The van der Waals surface area contributed by atoms with Gasteiger partial charge in [0.2, 0.25) is 11.8 Å². The monoisotopic (exact) mass is 441 g/mol. The average molecular weight is 441 g/mol. The fourth-order valence-electron chi connectivity index (χ4n) is 3.18.